The summed E-state index contributed by atoms with van der Waals surface area (Å²) in [7, 11) is 0. The minimum absolute atomic E-state index is 0.0829. The minimum atomic E-state index is -0.368. The minimum Gasteiger partial charge on any atom is -0.504 e. The van der Waals surface area contributed by atoms with Crippen molar-refractivity contribution in [1.29, 1.82) is 0 Å². The molecule has 116 valence electrons. The number of rotatable bonds is 7. The number of carbonyl (C=O) groups is 1. The summed E-state index contributed by atoms with van der Waals surface area (Å²) in [5.74, 6) is -0.0310. The van der Waals surface area contributed by atoms with Crippen LogP contribution in [0.3, 0.4) is 0 Å². The molecule has 0 aromatic heterocycles. The molecule has 0 bridgehead atoms. The lowest BCUT2D eigenvalue weighted by atomic mass is 10.2. The fourth-order valence-electron chi connectivity index (χ4n) is 1.94. The normalized spacial score (nSPS) is 10.2. The van der Waals surface area contributed by atoms with Gasteiger partial charge < -0.3 is 14.6 Å². The van der Waals surface area contributed by atoms with E-state index in [-0.39, 0.29) is 17.5 Å². The molecule has 4 heteroatoms. The Morgan fingerprint density at radius 3 is 2.59 bits per heavy atom. The van der Waals surface area contributed by atoms with Crippen molar-refractivity contribution < 1.29 is 19.4 Å². The van der Waals surface area contributed by atoms with Gasteiger partial charge in [0, 0.05) is 6.42 Å². The van der Waals surface area contributed by atoms with E-state index in [1.165, 1.54) is 6.07 Å². The van der Waals surface area contributed by atoms with Gasteiger partial charge in [0.1, 0.15) is 6.61 Å². The Balaban J connectivity index is 2.07. The second-order valence-corrected chi connectivity index (χ2v) is 4.96. The zero-order valence-corrected chi connectivity index (χ0v) is 12.6. The molecule has 1 N–H and O–H groups in total. The highest BCUT2D eigenvalue weighted by Crippen LogP contribution is 2.37. The van der Waals surface area contributed by atoms with Gasteiger partial charge in [-0.2, -0.15) is 0 Å². The number of hydrogen-bond donors (Lipinski definition) is 1. The van der Waals surface area contributed by atoms with Crippen LogP contribution in [-0.2, 0) is 11.4 Å². The smallest absolute Gasteiger partial charge is 0.311 e. The highest BCUT2D eigenvalue weighted by Gasteiger charge is 2.15. The number of ether oxygens (including phenoxy) is 2. The van der Waals surface area contributed by atoms with E-state index < -0.39 is 0 Å². The van der Waals surface area contributed by atoms with Gasteiger partial charge >= 0.3 is 5.97 Å². The first-order valence-electron chi connectivity index (χ1n) is 7.40. The van der Waals surface area contributed by atoms with Crippen molar-refractivity contribution >= 4 is 5.97 Å². The summed E-state index contributed by atoms with van der Waals surface area (Å²) in [5, 5.41) is 9.91. The fraction of sp³-hybridized carbons (Fsp3) is 0.278. The van der Waals surface area contributed by atoms with Crippen LogP contribution in [0.5, 0.6) is 17.2 Å². The average Bonchev–Trinajstić information content (AvgIpc) is 2.54. The summed E-state index contributed by atoms with van der Waals surface area (Å²) in [6, 6.07) is 14.5. The second kappa shape index (κ2) is 8.08. The lowest BCUT2D eigenvalue weighted by molar-refractivity contribution is -0.134. The third kappa shape index (κ3) is 4.52. The van der Waals surface area contributed by atoms with Crippen LogP contribution in [0.4, 0.5) is 0 Å². The van der Waals surface area contributed by atoms with Crippen LogP contribution in [0, 0.1) is 0 Å². The first-order chi connectivity index (χ1) is 10.7. The molecule has 0 heterocycles. The number of esters is 1. The van der Waals surface area contributed by atoms with Crippen molar-refractivity contribution in [1.82, 2.24) is 0 Å². The summed E-state index contributed by atoms with van der Waals surface area (Å²) in [6.45, 7) is 2.34. The lowest BCUT2D eigenvalue weighted by Crippen LogP contribution is -2.09. The molecular formula is C18H20O4. The molecule has 0 aliphatic rings. The largest absolute Gasteiger partial charge is 0.504 e. The SMILES string of the molecule is CCCCC(=O)Oc1c(O)cccc1OCc1ccccc1. The van der Waals surface area contributed by atoms with Crippen LogP contribution in [0.15, 0.2) is 48.5 Å². The Morgan fingerprint density at radius 2 is 1.86 bits per heavy atom. The monoisotopic (exact) mass is 300 g/mol. The number of benzene rings is 2. The third-order valence-electron chi connectivity index (χ3n) is 3.15. The maximum absolute atomic E-state index is 11.8. The first-order valence-corrected chi connectivity index (χ1v) is 7.40. The Kier molecular flexibility index (Phi) is 5.83. The molecule has 2 rings (SSSR count). The molecule has 4 nitrogen and oxygen atoms in total. The molecule has 0 radical (unpaired) electrons. The summed E-state index contributed by atoms with van der Waals surface area (Å²) in [4.78, 5) is 11.8. The number of phenols is 1. The molecule has 0 atom stereocenters. The Labute approximate surface area is 130 Å². The van der Waals surface area contributed by atoms with E-state index in [0.29, 0.717) is 18.8 Å². The predicted molar refractivity (Wildman–Crippen MR) is 84.0 cm³/mol. The molecule has 0 fully saturated rings. The van der Waals surface area contributed by atoms with Gasteiger partial charge in [-0.1, -0.05) is 49.7 Å². The highest BCUT2D eigenvalue weighted by atomic mass is 16.6. The van der Waals surface area contributed by atoms with E-state index in [2.05, 4.69) is 0 Å². The van der Waals surface area contributed by atoms with Gasteiger partial charge in [-0.3, -0.25) is 4.79 Å². The maximum atomic E-state index is 11.8. The summed E-state index contributed by atoms with van der Waals surface area (Å²) >= 11 is 0. The van der Waals surface area contributed by atoms with Crippen LogP contribution >= 0.6 is 0 Å². The Morgan fingerprint density at radius 1 is 1.09 bits per heavy atom. The van der Waals surface area contributed by atoms with E-state index >= 15 is 0 Å². The summed E-state index contributed by atoms with van der Waals surface area (Å²) in [5.41, 5.74) is 0.995. The van der Waals surface area contributed by atoms with Crippen LogP contribution in [0.2, 0.25) is 0 Å². The zero-order chi connectivity index (χ0) is 15.8. The van der Waals surface area contributed by atoms with E-state index in [9.17, 15) is 9.90 Å². The van der Waals surface area contributed by atoms with E-state index in [0.717, 1.165) is 18.4 Å². The van der Waals surface area contributed by atoms with Crippen LogP contribution < -0.4 is 9.47 Å². The number of phenolic OH excluding ortho intramolecular Hbond substituents is 1. The molecule has 2 aromatic carbocycles. The van der Waals surface area contributed by atoms with Crippen LogP contribution in [-0.4, -0.2) is 11.1 Å². The number of aromatic hydroxyl groups is 1. The first kappa shape index (κ1) is 15.9. The average molecular weight is 300 g/mol. The summed E-state index contributed by atoms with van der Waals surface area (Å²) < 4.78 is 10.9. The standard InChI is InChI=1S/C18H20O4/c1-2-3-12-17(20)22-18-15(19)10-7-11-16(18)21-13-14-8-5-4-6-9-14/h4-11,19H,2-3,12-13H2,1H3. The van der Waals surface area contributed by atoms with Gasteiger partial charge in [-0.25, -0.2) is 0 Å². The van der Waals surface area contributed by atoms with Crippen molar-refractivity contribution in [3.8, 4) is 17.2 Å². The molecule has 2 aromatic rings. The lowest BCUT2D eigenvalue weighted by Gasteiger charge is -2.13. The van der Waals surface area contributed by atoms with E-state index in [1.54, 1.807) is 12.1 Å². The van der Waals surface area contributed by atoms with Gasteiger partial charge in [0.25, 0.3) is 0 Å². The Hall–Kier alpha value is -2.49. The molecule has 0 saturated carbocycles. The van der Waals surface area contributed by atoms with Crippen LogP contribution in [0.25, 0.3) is 0 Å². The molecule has 0 saturated heterocycles. The van der Waals surface area contributed by atoms with Crippen molar-refractivity contribution in [3.63, 3.8) is 0 Å². The third-order valence-corrected chi connectivity index (χ3v) is 3.15. The topological polar surface area (TPSA) is 55.8 Å². The van der Waals surface area contributed by atoms with Crippen molar-refractivity contribution in [2.24, 2.45) is 0 Å². The number of para-hydroxylation sites is 1. The number of carbonyl (C=O) groups excluding carboxylic acids is 1. The fourth-order valence-corrected chi connectivity index (χ4v) is 1.94. The Bertz CT molecular complexity index is 608. The second-order valence-electron chi connectivity index (χ2n) is 4.96. The number of unbranched alkanes of at least 4 members (excludes halogenated alkanes) is 1. The number of hydrogen-bond acceptors (Lipinski definition) is 4. The van der Waals surface area contributed by atoms with Gasteiger partial charge in [0.05, 0.1) is 0 Å². The van der Waals surface area contributed by atoms with Crippen molar-refractivity contribution in [3.05, 3.63) is 54.1 Å². The van der Waals surface area contributed by atoms with Crippen molar-refractivity contribution in [2.45, 2.75) is 32.8 Å². The van der Waals surface area contributed by atoms with Gasteiger partial charge in [0.2, 0.25) is 5.75 Å². The molecule has 0 aliphatic heterocycles. The van der Waals surface area contributed by atoms with Gasteiger partial charge in [0.15, 0.2) is 11.5 Å². The molecule has 22 heavy (non-hydrogen) atoms. The van der Waals surface area contributed by atoms with E-state index in [4.69, 9.17) is 9.47 Å². The molecule has 0 unspecified atom stereocenters. The molecular weight excluding hydrogens is 280 g/mol. The molecule has 0 amide bonds. The predicted octanol–water partition coefficient (Wildman–Crippen LogP) is 4.07. The van der Waals surface area contributed by atoms with E-state index in [1.807, 2.05) is 37.3 Å². The van der Waals surface area contributed by atoms with Gasteiger partial charge in [-0.05, 0) is 24.1 Å². The molecule has 0 spiro atoms. The maximum Gasteiger partial charge on any atom is 0.311 e. The quantitative estimate of drug-likeness (QED) is 0.618. The van der Waals surface area contributed by atoms with Crippen molar-refractivity contribution in [2.75, 3.05) is 0 Å². The summed E-state index contributed by atoms with van der Waals surface area (Å²) in [6.07, 6.45) is 1.99. The van der Waals surface area contributed by atoms with Gasteiger partial charge in [-0.15, -0.1) is 0 Å². The molecule has 0 aliphatic carbocycles. The highest BCUT2D eigenvalue weighted by molar-refractivity contribution is 5.74. The van der Waals surface area contributed by atoms with Crippen LogP contribution in [0.1, 0.15) is 31.7 Å². The zero-order valence-electron chi connectivity index (χ0n) is 12.6.